The zero-order valence-electron chi connectivity index (χ0n) is 48.7. The lowest BCUT2D eigenvalue weighted by Crippen LogP contribution is -2.34. The molecule has 0 radical (unpaired) electrons. The number of likely N-dealkylation sites (N-methyl/N-ethyl adjacent to an activating group) is 1. The van der Waals surface area contributed by atoms with Crippen molar-refractivity contribution in [3.05, 3.63) is 95.7 Å². The van der Waals surface area contributed by atoms with Crippen molar-refractivity contribution in [2.45, 2.75) is 239 Å². The highest BCUT2D eigenvalue weighted by Crippen LogP contribution is 2.57. The van der Waals surface area contributed by atoms with Crippen LogP contribution in [0.3, 0.4) is 0 Å². The minimum absolute atomic E-state index is 0.256. The fraction of sp³-hybridized carbons (Fsp3) is 0.652. The highest BCUT2D eigenvalue weighted by molar-refractivity contribution is 5.97. The maximum atomic E-state index is 13.3. The Kier molecular flexibility index (Phi) is 32.8. The number of carbonyl (C=O) groups excluding carboxylic acids is 2. The number of nitrogens with zero attached hydrogens (tertiary/aromatic N) is 2. The van der Waals surface area contributed by atoms with Gasteiger partial charge in [-0.15, -0.1) is 0 Å². The lowest BCUT2D eigenvalue weighted by Gasteiger charge is -2.37. The second kappa shape index (κ2) is 39.2. The molecule has 77 heavy (non-hydrogen) atoms. The van der Waals surface area contributed by atoms with Gasteiger partial charge in [-0.1, -0.05) is 231 Å². The van der Waals surface area contributed by atoms with Crippen molar-refractivity contribution in [3.63, 3.8) is 0 Å². The molecule has 2 aliphatic heterocycles. The number of amides is 2. The molecule has 1 unspecified atom stereocenters. The fourth-order valence-electron chi connectivity index (χ4n) is 10.9. The van der Waals surface area contributed by atoms with Crippen molar-refractivity contribution in [2.75, 3.05) is 49.1 Å². The van der Waals surface area contributed by atoms with Crippen molar-refractivity contribution in [3.8, 4) is 11.5 Å². The van der Waals surface area contributed by atoms with Crippen LogP contribution >= 0.6 is 0 Å². The molecular formula is C66H104N4O7. The summed E-state index contributed by atoms with van der Waals surface area (Å²) in [6, 6.07) is 19.6. The van der Waals surface area contributed by atoms with E-state index in [-0.39, 0.29) is 18.7 Å². The third-order valence-corrected chi connectivity index (χ3v) is 15.5. The Morgan fingerprint density at radius 2 is 0.987 bits per heavy atom. The summed E-state index contributed by atoms with van der Waals surface area (Å²) < 4.78 is 18.5. The number of fused-ring (bicyclic) bond motifs is 6. The Balaban J connectivity index is 0.000000490. The highest BCUT2D eigenvalue weighted by atomic mass is 16.6. The van der Waals surface area contributed by atoms with Crippen LogP contribution in [0.5, 0.6) is 11.5 Å². The molecule has 0 fully saturated rings. The zero-order chi connectivity index (χ0) is 55.2. The van der Waals surface area contributed by atoms with Gasteiger partial charge in [0.1, 0.15) is 18.1 Å². The first-order chi connectivity index (χ1) is 37.7. The number of ether oxygens (including phenoxy) is 3. The van der Waals surface area contributed by atoms with E-state index in [4.69, 9.17) is 19.3 Å². The first-order valence-corrected chi connectivity index (χ1v) is 31.0. The lowest BCUT2D eigenvalue weighted by atomic mass is 9.77. The van der Waals surface area contributed by atoms with Crippen LogP contribution in [-0.2, 0) is 15.1 Å². The fourth-order valence-corrected chi connectivity index (χ4v) is 10.9. The van der Waals surface area contributed by atoms with Crippen LogP contribution in [0.2, 0.25) is 0 Å². The number of carboxylic acid groups (broad SMARTS) is 1. The van der Waals surface area contributed by atoms with Crippen LogP contribution < -0.4 is 25.2 Å². The summed E-state index contributed by atoms with van der Waals surface area (Å²) in [5.74, 6) is 0.882. The monoisotopic (exact) mass is 1060 g/mol. The Morgan fingerprint density at radius 1 is 0.558 bits per heavy atom. The van der Waals surface area contributed by atoms with Gasteiger partial charge in [-0.2, -0.15) is 0 Å². The minimum atomic E-state index is -1.14. The number of hydrogen-bond acceptors (Lipinski definition) is 8. The van der Waals surface area contributed by atoms with E-state index in [1.54, 1.807) is 6.20 Å². The molecular weight excluding hydrogens is 961 g/mol. The van der Waals surface area contributed by atoms with Crippen LogP contribution in [0, 0.1) is 0 Å². The van der Waals surface area contributed by atoms with Crippen LogP contribution in [0.4, 0.5) is 21.0 Å². The Bertz CT molecular complexity index is 2110. The number of anilines is 2. The molecule has 3 N–H and O–H groups in total. The van der Waals surface area contributed by atoms with Crippen molar-refractivity contribution in [2.24, 2.45) is 0 Å². The van der Waals surface area contributed by atoms with Gasteiger partial charge in [-0.3, -0.25) is 0 Å². The molecule has 0 saturated heterocycles. The number of alkyl carbamates (subject to hydrolysis) is 1. The van der Waals surface area contributed by atoms with Gasteiger partial charge in [-0.05, 0) is 63.2 Å². The number of unbranched alkanes of at least 4 members (excludes halogenated alkanes) is 30. The van der Waals surface area contributed by atoms with Gasteiger partial charge in [0, 0.05) is 66.4 Å². The predicted molar refractivity (Wildman–Crippen MR) is 320 cm³/mol. The van der Waals surface area contributed by atoms with E-state index in [1.807, 2.05) is 65.6 Å². The van der Waals surface area contributed by atoms with Gasteiger partial charge < -0.3 is 39.8 Å². The molecule has 1 atom stereocenters. The van der Waals surface area contributed by atoms with E-state index in [2.05, 4.69) is 49.8 Å². The molecule has 2 aliphatic rings. The summed E-state index contributed by atoms with van der Waals surface area (Å²) >= 11 is 0. The Morgan fingerprint density at radius 3 is 1.43 bits per heavy atom. The van der Waals surface area contributed by atoms with Gasteiger partial charge >= 0.3 is 18.2 Å². The largest absolute Gasteiger partial charge is 0.465 e. The number of nitrogens with one attached hydrogen (secondary N) is 2. The smallest absolute Gasteiger partial charge is 0.407 e. The molecule has 1 spiro atoms. The third kappa shape index (κ3) is 23.0. The van der Waals surface area contributed by atoms with Gasteiger partial charge in [0.05, 0.1) is 12.1 Å². The second-order valence-corrected chi connectivity index (χ2v) is 21.5. The highest BCUT2D eigenvalue weighted by Gasteiger charge is 2.53. The van der Waals surface area contributed by atoms with Gasteiger partial charge in [0.15, 0.2) is 5.60 Å². The summed E-state index contributed by atoms with van der Waals surface area (Å²) in [4.78, 5) is 40.2. The number of rotatable bonds is 42. The molecule has 2 amide bonds. The molecule has 11 heteroatoms. The predicted octanol–water partition coefficient (Wildman–Crippen LogP) is 18.6. The van der Waals surface area contributed by atoms with E-state index in [0.29, 0.717) is 43.2 Å². The average Bonchev–Trinajstić information content (AvgIpc) is 3.93. The normalized spacial score (nSPS) is 13.8. The molecule has 3 aromatic carbocycles. The van der Waals surface area contributed by atoms with E-state index in [1.165, 1.54) is 180 Å². The molecule has 0 aromatic heterocycles. The number of hydrogen-bond donors (Lipinski definition) is 3. The molecule has 0 bridgehead atoms. The SMILES string of the molecule is C=CN(CC)c1ccc2c(c1)Oc1cc(N(CC)CCOC(=O)NCCCCCCCCCCCCCCCCCC)ccc1C21OC(=O)c2ccccc21.CCCCCCCCCCCCCCCCCCNC(=O)O. The molecule has 0 saturated carbocycles. The van der Waals surface area contributed by atoms with Gasteiger partial charge in [0.25, 0.3) is 0 Å². The summed E-state index contributed by atoms with van der Waals surface area (Å²) in [6.07, 6.45) is 43.4. The van der Waals surface area contributed by atoms with E-state index in [9.17, 15) is 14.4 Å². The number of carbonyl (C=O) groups is 3. The van der Waals surface area contributed by atoms with Crippen LogP contribution in [-0.4, -0.2) is 62.6 Å². The minimum Gasteiger partial charge on any atom is -0.465 e. The van der Waals surface area contributed by atoms with Crippen LogP contribution in [0.1, 0.15) is 260 Å². The van der Waals surface area contributed by atoms with Crippen LogP contribution in [0.25, 0.3) is 0 Å². The third-order valence-electron chi connectivity index (χ3n) is 15.5. The first kappa shape index (κ1) is 64.3. The quantitative estimate of drug-likeness (QED) is 0.0375. The molecule has 2 heterocycles. The zero-order valence-corrected chi connectivity index (χ0v) is 48.7. The summed E-state index contributed by atoms with van der Waals surface area (Å²) in [5, 5.41) is 13.8. The summed E-state index contributed by atoms with van der Waals surface area (Å²) in [7, 11) is 0. The Labute approximate surface area is 467 Å². The standard InChI is InChI=1S/C47H65N3O5.C19H39NO2/c1-5-9-10-11-12-13-14-15-16-17-18-19-20-21-22-25-32-48-46(52)53-34-33-50(8-4)38-29-31-42-44(36-38)54-43-35-37(49(6-2)7-3)28-30-41(43)47(42)40-27-24-23-26-39(40)45(51)55-47;1-2-3-4-5-6-7-8-9-10-11-12-13-14-15-16-17-18-20-19(21)22/h6,23-24,26-31,35-36H,2,5,7-22,25,32-34H2,1,3-4H3,(H,48,52);20H,2-18H2,1H3,(H,21,22). The molecule has 3 aromatic rings. The summed E-state index contributed by atoms with van der Waals surface area (Å²) in [6.45, 7) is 16.1. The van der Waals surface area contributed by atoms with E-state index in [0.717, 1.165) is 60.3 Å². The lowest BCUT2D eigenvalue weighted by molar-refractivity contribution is 0.0224. The van der Waals surface area contributed by atoms with Crippen molar-refractivity contribution < 1.29 is 33.7 Å². The first-order valence-electron chi connectivity index (χ1n) is 31.0. The van der Waals surface area contributed by atoms with E-state index < -0.39 is 11.7 Å². The molecule has 0 aliphatic carbocycles. The van der Waals surface area contributed by atoms with Gasteiger partial charge in [0.2, 0.25) is 0 Å². The van der Waals surface area contributed by atoms with Crippen LogP contribution in [0.15, 0.2) is 73.4 Å². The summed E-state index contributed by atoms with van der Waals surface area (Å²) in [5.41, 5.74) is 3.62. The topological polar surface area (TPSA) is 130 Å². The number of esters is 1. The molecule has 430 valence electrons. The second-order valence-electron chi connectivity index (χ2n) is 21.5. The van der Waals surface area contributed by atoms with Crippen molar-refractivity contribution >= 4 is 29.5 Å². The van der Waals surface area contributed by atoms with E-state index >= 15 is 0 Å². The molecule has 11 nitrogen and oxygen atoms in total. The average molecular weight is 1070 g/mol. The maximum absolute atomic E-state index is 13.3. The maximum Gasteiger partial charge on any atom is 0.407 e. The molecule has 5 rings (SSSR count). The number of benzene rings is 3. The van der Waals surface area contributed by atoms with Crippen molar-refractivity contribution in [1.82, 2.24) is 10.6 Å². The van der Waals surface area contributed by atoms with Gasteiger partial charge in [-0.25, -0.2) is 14.4 Å². The van der Waals surface area contributed by atoms with Crippen molar-refractivity contribution in [1.29, 1.82) is 0 Å². The Hall–Kier alpha value is -5.19.